The molecular formula is C14H13FO2. The molecule has 0 radical (unpaired) electrons. The molecule has 0 fully saturated rings. The molecule has 0 atom stereocenters. The van der Waals surface area contributed by atoms with E-state index in [-0.39, 0.29) is 12.4 Å². The Bertz CT molecular complexity index is 506. The number of ether oxygens (including phenoxy) is 1. The topological polar surface area (TPSA) is 29.5 Å². The zero-order valence-electron chi connectivity index (χ0n) is 9.48. The number of aromatic hydroxyl groups is 1. The maximum Gasteiger partial charge on any atom is 0.165 e. The molecule has 2 nitrogen and oxygen atoms in total. The highest BCUT2D eigenvalue weighted by Crippen LogP contribution is 2.18. The van der Waals surface area contributed by atoms with E-state index in [1.807, 2.05) is 31.2 Å². The van der Waals surface area contributed by atoms with Gasteiger partial charge in [-0.15, -0.1) is 0 Å². The Hall–Kier alpha value is -2.03. The van der Waals surface area contributed by atoms with Crippen LogP contribution in [0.4, 0.5) is 4.39 Å². The van der Waals surface area contributed by atoms with E-state index < -0.39 is 5.82 Å². The standard InChI is InChI=1S/C14H13FO2/c1-10-2-5-12(6-3-10)17-9-11-4-7-14(16)13(15)8-11/h2-8,16H,9H2,1H3. The summed E-state index contributed by atoms with van der Waals surface area (Å²) in [5.74, 6) is -0.233. The van der Waals surface area contributed by atoms with Crippen LogP contribution in [-0.2, 0) is 6.61 Å². The predicted octanol–water partition coefficient (Wildman–Crippen LogP) is 3.42. The lowest BCUT2D eigenvalue weighted by atomic mass is 10.2. The minimum atomic E-state index is -0.630. The van der Waals surface area contributed by atoms with E-state index in [0.29, 0.717) is 5.56 Å². The molecule has 0 aliphatic carbocycles. The summed E-state index contributed by atoms with van der Waals surface area (Å²) in [7, 11) is 0. The molecule has 0 bridgehead atoms. The lowest BCUT2D eigenvalue weighted by Crippen LogP contribution is -1.95. The lowest BCUT2D eigenvalue weighted by molar-refractivity contribution is 0.305. The van der Waals surface area contributed by atoms with E-state index in [1.165, 1.54) is 12.1 Å². The van der Waals surface area contributed by atoms with Gasteiger partial charge in [0.25, 0.3) is 0 Å². The fourth-order valence-corrected chi connectivity index (χ4v) is 1.44. The molecule has 0 aliphatic rings. The third-order valence-corrected chi connectivity index (χ3v) is 2.44. The summed E-state index contributed by atoms with van der Waals surface area (Å²) in [6, 6.07) is 11.9. The van der Waals surface area contributed by atoms with Crippen molar-refractivity contribution in [1.29, 1.82) is 0 Å². The van der Waals surface area contributed by atoms with Crippen molar-refractivity contribution < 1.29 is 14.2 Å². The number of benzene rings is 2. The quantitative estimate of drug-likeness (QED) is 0.878. The Kier molecular flexibility index (Phi) is 3.28. The normalized spacial score (nSPS) is 10.2. The number of rotatable bonds is 3. The van der Waals surface area contributed by atoms with Crippen molar-refractivity contribution in [3.63, 3.8) is 0 Å². The van der Waals surface area contributed by atoms with Crippen LogP contribution in [0.1, 0.15) is 11.1 Å². The zero-order valence-corrected chi connectivity index (χ0v) is 9.48. The summed E-state index contributed by atoms with van der Waals surface area (Å²) in [4.78, 5) is 0. The molecule has 0 unspecified atom stereocenters. The van der Waals surface area contributed by atoms with Crippen LogP contribution < -0.4 is 4.74 Å². The van der Waals surface area contributed by atoms with Gasteiger partial charge in [0.05, 0.1) is 0 Å². The van der Waals surface area contributed by atoms with Crippen LogP contribution in [0.3, 0.4) is 0 Å². The molecule has 0 heterocycles. The van der Waals surface area contributed by atoms with Crippen molar-refractivity contribution in [2.75, 3.05) is 0 Å². The number of phenols is 1. The smallest absolute Gasteiger partial charge is 0.165 e. The lowest BCUT2D eigenvalue weighted by Gasteiger charge is -2.07. The van der Waals surface area contributed by atoms with Crippen molar-refractivity contribution >= 4 is 0 Å². The summed E-state index contributed by atoms with van der Waals surface area (Å²) in [6.07, 6.45) is 0. The first kappa shape index (κ1) is 11.5. The summed E-state index contributed by atoms with van der Waals surface area (Å²) >= 11 is 0. The number of hydrogen-bond acceptors (Lipinski definition) is 2. The fraction of sp³-hybridized carbons (Fsp3) is 0.143. The first-order valence-electron chi connectivity index (χ1n) is 5.32. The number of hydrogen-bond donors (Lipinski definition) is 1. The average molecular weight is 232 g/mol. The Morgan fingerprint density at radius 2 is 1.82 bits per heavy atom. The Morgan fingerprint density at radius 1 is 1.12 bits per heavy atom. The van der Waals surface area contributed by atoms with Crippen LogP contribution in [0, 0.1) is 12.7 Å². The van der Waals surface area contributed by atoms with Gasteiger partial charge in [0.1, 0.15) is 12.4 Å². The van der Waals surface area contributed by atoms with E-state index in [4.69, 9.17) is 9.84 Å². The maximum absolute atomic E-state index is 13.1. The van der Waals surface area contributed by atoms with E-state index in [9.17, 15) is 4.39 Å². The van der Waals surface area contributed by atoms with Crippen LogP contribution in [0.25, 0.3) is 0 Å². The molecule has 88 valence electrons. The Morgan fingerprint density at radius 3 is 2.47 bits per heavy atom. The van der Waals surface area contributed by atoms with Crippen LogP contribution in [0.15, 0.2) is 42.5 Å². The Balaban J connectivity index is 2.02. The van der Waals surface area contributed by atoms with Gasteiger partial charge in [-0.1, -0.05) is 23.8 Å². The van der Waals surface area contributed by atoms with Gasteiger partial charge in [0, 0.05) is 0 Å². The maximum atomic E-state index is 13.1. The van der Waals surface area contributed by atoms with Crippen molar-refractivity contribution in [2.45, 2.75) is 13.5 Å². The summed E-state index contributed by atoms with van der Waals surface area (Å²) in [5, 5.41) is 9.04. The molecule has 2 aromatic carbocycles. The highest BCUT2D eigenvalue weighted by Gasteiger charge is 2.02. The summed E-state index contributed by atoms with van der Waals surface area (Å²) in [5.41, 5.74) is 1.84. The van der Waals surface area contributed by atoms with Gasteiger partial charge >= 0.3 is 0 Å². The SMILES string of the molecule is Cc1ccc(OCc2ccc(O)c(F)c2)cc1. The average Bonchev–Trinajstić information content (AvgIpc) is 2.33. The van der Waals surface area contributed by atoms with Crippen molar-refractivity contribution in [2.24, 2.45) is 0 Å². The first-order chi connectivity index (χ1) is 8.15. The zero-order chi connectivity index (χ0) is 12.3. The van der Waals surface area contributed by atoms with Crippen LogP contribution in [0.5, 0.6) is 11.5 Å². The second kappa shape index (κ2) is 4.87. The third kappa shape index (κ3) is 2.97. The minimum absolute atomic E-state index is 0.278. The van der Waals surface area contributed by atoms with Crippen LogP contribution >= 0.6 is 0 Å². The van der Waals surface area contributed by atoms with Gasteiger partial charge in [-0.2, -0.15) is 0 Å². The number of aryl methyl sites for hydroxylation is 1. The third-order valence-electron chi connectivity index (χ3n) is 2.44. The van der Waals surface area contributed by atoms with Gasteiger partial charge in [-0.25, -0.2) is 4.39 Å². The summed E-state index contributed by atoms with van der Waals surface area (Å²) in [6.45, 7) is 2.28. The minimum Gasteiger partial charge on any atom is -0.505 e. The molecular weight excluding hydrogens is 219 g/mol. The Labute approximate surface area is 99.3 Å². The monoisotopic (exact) mass is 232 g/mol. The van der Waals surface area contributed by atoms with Crippen molar-refractivity contribution in [3.8, 4) is 11.5 Å². The van der Waals surface area contributed by atoms with Crippen molar-refractivity contribution in [1.82, 2.24) is 0 Å². The molecule has 17 heavy (non-hydrogen) atoms. The molecule has 3 heteroatoms. The van der Waals surface area contributed by atoms with Crippen molar-refractivity contribution in [3.05, 3.63) is 59.4 Å². The van der Waals surface area contributed by atoms with Gasteiger partial charge < -0.3 is 9.84 Å². The first-order valence-corrected chi connectivity index (χ1v) is 5.32. The molecule has 0 amide bonds. The molecule has 2 aromatic rings. The predicted molar refractivity (Wildman–Crippen MR) is 63.6 cm³/mol. The molecule has 0 aliphatic heterocycles. The largest absolute Gasteiger partial charge is 0.505 e. The second-order valence-corrected chi connectivity index (χ2v) is 3.89. The molecule has 0 saturated heterocycles. The van der Waals surface area contributed by atoms with E-state index in [2.05, 4.69) is 0 Å². The molecule has 2 rings (SSSR count). The number of halogens is 1. The molecule has 0 saturated carbocycles. The van der Waals surface area contributed by atoms with Gasteiger partial charge in [-0.3, -0.25) is 0 Å². The number of phenolic OH excluding ortho intramolecular Hbond substituents is 1. The fourth-order valence-electron chi connectivity index (χ4n) is 1.44. The van der Waals surface area contributed by atoms with Crippen LogP contribution in [0.2, 0.25) is 0 Å². The van der Waals surface area contributed by atoms with E-state index >= 15 is 0 Å². The van der Waals surface area contributed by atoms with E-state index in [0.717, 1.165) is 11.3 Å². The summed E-state index contributed by atoms with van der Waals surface area (Å²) < 4.78 is 18.5. The van der Waals surface area contributed by atoms with E-state index in [1.54, 1.807) is 6.07 Å². The van der Waals surface area contributed by atoms with Gasteiger partial charge in [-0.05, 0) is 36.8 Å². The van der Waals surface area contributed by atoms with Gasteiger partial charge in [0.15, 0.2) is 11.6 Å². The molecule has 1 N–H and O–H groups in total. The molecule has 0 aromatic heterocycles. The highest BCUT2D eigenvalue weighted by atomic mass is 19.1. The van der Waals surface area contributed by atoms with Gasteiger partial charge in [0.2, 0.25) is 0 Å². The molecule has 0 spiro atoms. The second-order valence-electron chi connectivity index (χ2n) is 3.89. The van der Waals surface area contributed by atoms with Crippen LogP contribution in [-0.4, -0.2) is 5.11 Å². The highest BCUT2D eigenvalue weighted by molar-refractivity contribution is 5.29.